The summed E-state index contributed by atoms with van der Waals surface area (Å²) in [7, 11) is 0.755. The van der Waals surface area contributed by atoms with Gasteiger partial charge in [0.15, 0.2) is 15.6 Å². The first-order valence-electron chi connectivity index (χ1n) is 7.38. The van der Waals surface area contributed by atoms with Crippen molar-refractivity contribution >= 4 is 43.9 Å². The largest absolute Gasteiger partial charge is 0.364 e. The SMILES string of the molecule is Cc1cc(C(=O)CSC(=S)N(C)C)c(C)n1[C@@H]1CCS(=O)(=O)C1. The van der Waals surface area contributed by atoms with Gasteiger partial charge in [-0.3, -0.25) is 4.79 Å². The summed E-state index contributed by atoms with van der Waals surface area (Å²) in [6.07, 6.45) is 0.617. The molecule has 1 aliphatic heterocycles. The lowest BCUT2D eigenvalue weighted by Crippen LogP contribution is -2.18. The molecule has 0 radical (unpaired) electrons. The standard InChI is InChI=1S/C15H22N2O3S3/c1-10-7-13(14(18)8-22-15(21)16(3)4)11(2)17(10)12-5-6-23(19,20)9-12/h7,12H,5-6,8-9H2,1-4H3/t12-/m1/s1. The molecule has 1 aromatic rings. The number of hydrogen-bond donors (Lipinski definition) is 0. The molecule has 2 heterocycles. The number of aromatic nitrogens is 1. The molecule has 23 heavy (non-hydrogen) atoms. The van der Waals surface area contributed by atoms with Gasteiger partial charge in [0.2, 0.25) is 0 Å². The first-order chi connectivity index (χ1) is 10.6. The summed E-state index contributed by atoms with van der Waals surface area (Å²) in [6.45, 7) is 3.81. The summed E-state index contributed by atoms with van der Waals surface area (Å²) in [5.41, 5.74) is 2.46. The van der Waals surface area contributed by atoms with Crippen molar-refractivity contribution in [2.24, 2.45) is 0 Å². The Bertz CT molecular complexity index is 735. The normalized spacial score (nSPS) is 19.7. The number of sulfone groups is 1. The molecular weight excluding hydrogens is 352 g/mol. The van der Waals surface area contributed by atoms with Crippen LogP contribution in [0.3, 0.4) is 0 Å². The molecule has 0 saturated carbocycles. The smallest absolute Gasteiger partial charge is 0.174 e. The molecule has 1 aromatic heterocycles. The van der Waals surface area contributed by atoms with Crippen molar-refractivity contribution in [2.45, 2.75) is 26.3 Å². The van der Waals surface area contributed by atoms with E-state index in [-0.39, 0.29) is 23.3 Å². The van der Waals surface area contributed by atoms with Gasteiger partial charge in [0.25, 0.3) is 0 Å². The third-order valence-corrected chi connectivity index (χ3v) is 7.54. The average molecular weight is 375 g/mol. The second-order valence-electron chi connectivity index (χ2n) is 6.08. The van der Waals surface area contributed by atoms with Crippen LogP contribution in [0.15, 0.2) is 6.07 Å². The zero-order chi connectivity index (χ0) is 17.4. The first kappa shape index (κ1) is 18.5. The molecule has 0 aliphatic carbocycles. The van der Waals surface area contributed by atoms with E-state index >= 15 is 0 Å². The first-order valence-corrected chi connectivity index (χ1v) is 10.6. The minimum atomic E-state index is -2.95. The van der Waals surface area contributed by atoms with Crippen LogP contribution in [0.5, 0.6) is 0 Å². The highest BCUT2D eigenvalue weighted by atomic mass is 32.2. The van der Waals surface area contributed by atoms with E-state index in [9.17, 15) is 13.2 Å². The summed E-state index contributed by atoms with van der Waals surface area (Å²) < 4.78 is 26.1. The molecule has 0 amide bonds. The third-order valence-electron chi connectivity index (χ3n) is 4.05. The van der Waals surface area contributed by atoms with E-state index in [0.717, 1.165) is 11.4 Å². The Kier molecular flexibility index (Phi) is 5.58. The summed E-state index contributed by atoms with van der Waals surface area (Å²) >= 11 is 6.53. The monoisotopic (exact) mass is 374 g/mol. The fourth-order valence-electron chi connectivity index (χ4n) is 2.93. The summed E-state index contributed by atoms with van der Waals surface area (Å²) in [4.78, 5) is 14.3. The van der Waals surface area contributed by atoms with E-state index in [1.165, 1.54) is 11.8 Å². The molecule has 1 atom stereocenters. The quantitative estimate of drug-likeness (QED) is 0.595. The van der Waals surface area contributed by atoms with Crippen molar-refractivity contribution in [2.75, 3.05) is 31.4 Å². The molecule has 1 fully saturated rings. The lowest BCUT2D eigenvalue weighted by atomic mass is 10.2. The fraction of sp³-hybridized carbons (Fsp3) is 0.600. The number of ketones is 1. The molecule has 128 valence electrons. The number of rotatable bonds is 4. The van der Waals surface area contributed by atoms with Crippen molar-refractivity contribution in [3.8, 4) is 0 Å². The van der Waals surface area contributed by atoms with Crippen LogP contribution in [0.25, 0.3) is 0 Å². The van der Waals surface area contributed by atoms with Crippen LogP contribution in [-0.2, 0) is 9.84 Å². The van der Waals surface area contributed by atoms with Gasteiger partial charge in [-0.15, -0.1) is 0 Å². The number of carbonyl (C=O) groups excluding carboxylic acids is 1. The molecule has 1 aliphatic rings. The molecular formula is C15H22N2O3S3. The number of hydrogen-bond acceptors (Lipinski definition) is 5. The van der Waals surface area contributed by atoms with E-state index in [4.69, 9.17) is 12.2 Å². The molecule has 0 unspecified atom stereocenters. The van der Waals surface area contributed by atoms with Crippen molar-refractivity contribution in [1.29, 1.82) is 0 Å². The van der Waals surface area contributed by atoms with E-state index in [1.54, 1.807) is 4.90 Å². The summed E-state index contributed by atoms with van der Waals surface area (Å²) in [6, 6.07) is 1.80. The van der Waals surface area contributed by atoms with Gasteiger partial charge >= 0.3 is 0 Å². The van der Waals surface area contributed by atoms with Crippen molar-refractivity contribution in [3.63, 3.8) is 0 Å². The summed E-state index contributed by atoms with van der Waals surface area (Å²) in [5.74, 6) is 0.713. The Labute approximate surface area is 147 Å². The van der Waals surface area contributed by atoms with Gasteiger partial charge in [-0.1, -0.05) is 24.0 Å². The van der Waals surface area contributed by atoms with Crippen LogP contribution < -0.4 is 0 Å². The van der Waals surface area contributed by atoms with Crippen LogP contribution in [0, 0.1) is 13.8 Å². The second kappa shape index (κ2) is 6.94. The highest BCUT2D eigenvalue weighted by Gasteiger charge is 2.31. The lowest BCUT2D eigenvalue weighted by molar-refractivity contribution is 0.102. The van der Waals surface area contributed by atoms with Crippen LogP contribution in [0.4, 0.5) is 0 Å². The van der Waals surface area contributed by atoms with Gasteiger partial charge in [0.1, 0.15) is 4.32 Å². The maximum Gasteiger partial charge on any atom is 0.174 e. The maximum absolute atomic E-state index is 12.5. The predicted octanol–water partition coefficient (Wildman–Crippen LogP) is 2.23. The highest BCUT2D eigenvalue weighted by Crippen LogP contribution is 2.29. The number of nitrogens with zero attached hydrogens (tertiary/aromatic N) is 2. The molecule has 0 spiro atoms. The Morgan fingerprint density at radius 3 is 2.61 bits per heavy atom. The van der Waals surface area contributed by atoms with E-state index in [1.807, 2.05) is 38.6 Å². The highest BCUT2D eigenvalue weighted by molar-refractivity contribution is 8.23. The van der Waals surface area contributed by atoms with Crippen molar-refractivity contribution < 1.29 is 13.2 Å². The van der Waals surface area contributed by atoms with Crippen LogP contribution in [0.2, 0.25) is 0 Å². The molecule has 0 N–H and O–H groups in total. The minimum Gasteiger partial charge on any atom is -0.364 e. The summed E-state index contributed by atoms with van der Waals surface area (Å²) in [5, 5.41) is 0. The Morgan fingerprint density at radius 1 is 1.43 bits per heavy atom. The second-order valence-corrected chi connectivity index (χ2v) is 9.92. The molecule has 8 heteroatoms. The Hall–Kier alpha value is -0.860. The van der Waals surface area contributed by atoms with Gasteiger partial charge in [-0.2, -0.15) is 0 Å². The van der Waals surface area contributed by atoms with Crippen LogP contribution in [0.1, 0.15) is 34.2 Å². The number of thiocarbonyl (C=S) groups is 1. The van der Waals surface area contributed by atoms with Crippen LogP contribution in [-0.4, -0.2) is 59.3 Å². The minimum absolute atomic E-state index is 0.0272. The molecule has 1 saturated heterocycles. The zero-order valence-corrected chi connectivity index (χ0v) is 16.3. The molecule has 0 aromatic carbocycles. The van der Waals surface area contributed by atoms with Gasteiger partial charge in [0, 0.05) is 37.1 Å². The fourth-order valence-corrected chi connectivity index (χ4v) is 5.48. The molecule has 5 nitrogen and oxygen atoms in total. The molecule has 0 bridgehead atoms. The lowest BCUT2D eigenvalue weighted by Gasteiger charge is -2.16. The van der Waals surface area contributed by atoms with Crippen molar-refractivity contribution in [3.05, 3.63) is 23.0 Å². The van der Waals surface area contributed by atoms with E-state index in [2.05, 4.69) is 0 Å². The zero-order valence-electron chi connectivity index (χ0n) is 13.8. The number of thioether (sulfide) groups is 1. The van der Waals surface area contributed by atoms with Gasteiger partial charge < -0.3 is 9.47 Å². The number of carbonyl (C=O) groups is 1. The van der Waals surface area contributed by atoms with Gasteiger partial charge in [-0.25, -0.2) is 8.42 Å². The van der Waals surface area contributed by atoms with Gasteiger partial charge in [0.05, 0.1) is 17.3 Å². The average Bonchev–Trinajstić information content (AvgIpc) is 2.95. The van der Waals surface area contributed by atoms with Crippen LogP contribution >= 0.6 is 24.0 Å². The maximum atomic E-state index is 12.5. The number of aryl methyl sites for hydroxylation is 1. The third kappa shape index (κ3) is 4.16. The molecule has 2 rings (SSSR count). The predicted molar refractivity (Wildman–Crippen MR) is 99.3 cm³/mol. The Morgan fingerprint density at radius 2 is 2.09 bits per heavy atom. The Balaban J connectivity index is 2.17. The number of Topliss-reactive ketones (excluding diaryl/α,β-unsaturated/α-hetero) is 1. The van der Waals surface area contributed by atoms with Gasteiger partial charge in [-0.05, 0) is 26.3 Å². The van der Waals surface area contributed by atoms with E-state index < -0.39 is 9.84 Å². The topological polar surface area (TPSA) is 59.4 Å². The van der Waals surface area contributed by atoms with E-state index in [0.29, 0.717) is 22.1 Å². The van der Waals surface area contributed by atoms with Crippen molar-refractivity contribution in [1.82, 2.24) is 9.47 Å².